The molecule has 0 saturated heterocycles. The SMILES string of the molecule is CCC(Nc1ccc(C)cc1Br)c1ccc(Cl)cc1. The number of nitrogens with one attached hydrogen (secondary N) is 1. The summed E-state index contributed by atoms with van der Waals surface area (Å²) in [5.74, 6) is 0. The summed E-state index contributed by atoms with van der Waals surface area (Å²) in [6.07, 6.45) is 1.02. The zero-order chi connectivity index (χ0) is 13.8. The van der Waals surface area contributed by atoms with Gasteiger partial charge >= 0.3 is 0 Å². The molecule has 0 bridgehead atoms. The molecule has 2 rings (SSSR count). The molecular formula is C16H17BrClN. The standard InChI is InChI=1S/C16H17BrClN/c1-3-15(12-5-7-13(18)8-6-12)19-16-9-4-11(2)10-14(16)17/h4-10,15,19H,3H2,1-2H3. The molecule has 0 radical (unpaired) electrons. The second-order valence-electron chi connectivity index (χ2n) is 4.64. The van der Waals surface area contributed by atoms with Crippen molar-refractivity contribution in [2.45, 2.75) is 26.3 Å². The highest BCUT2D eigenvalue weighted by Gasteiger charge is 2.10. The zero-order valence-corrected chi connectivity index (χ0v) is 13.4. The van der Waals surface area contributed by atoms with Crippen molar-refractivity contribution in [3.8, 4) is 0 Å². The highest BCUT2D eigenvalue weighted by molar-refractivity contribution is 9.10. The van der Waals surface area contributed by atoms with Crippen LogP contribution >= 0.6 is 27.5 Å². The van der Waals surface area contributed by atoms with Crippen molar-refractivity contribution in [2.24, 2.45) is 0 Å². The lowest BCUT2D eigenvalue weighted by atomic mass is 10.0. The summed E-state index contributed by atoms with van der Waals surface area (Å²) in [4.78, 5) is 0. The van der Waals surface area contributed by atoms with Crippen molar-refractivity contribution >= 4 is 33.2 Å². The number of benzene rings is 2. The van der Waals surface area contributed by atoms with Crippen LogP contribution in [0.3, 0.4) is 0 Å². The van der Waals surface area contributed by atoms with E-state index in [2.05, 4.69) is 65.4 Å². The fraction of sp³-hybridized carbons (Fsp3) is 0.250. The third kappa shape index (κ3) is 3.74. The van der Waals surface area contributed by atoms with Crippen LogP contribution in [0.4, 0.5) is 5.69 Å². The van der Waals surface area contributed by atoms with Crippen LogP contribution in [0.25, 0.3) is 0 Å². The van der Waals surface area contributed by atoms with Crippen molar-refractivity contribution in [3.63, 3.8) is 0 Å². The molecule has 2 aromatic carbocycles. The molecule has 1 unspecified atom stereocenters. The Labute approximate surface area is 128 Å². The normalized spacial score (nSPS) is 12.2. The molecule has 2 aromatic rings. The molecule has 0 amide bonds. The summed E-state index contributed by atoms with van der Waals surface area (Å²) in [6.45, 7) is 4.26. The molecule has 1 N–H and O–H groups in total. The van der Waals surface area contributed by atoms with E-state index in [1.165, 1.54) is 11.1 Å². The lowest BCUT2D eigenvalue weighted by Gasteiger charge is -2.20. The average Bonchev–Trinajstić information content (AvgIpc) is 2.39. The maximum absolute atomic E-state index is 5.93. The molecule has 19 heavy (non-hydrogen) atoms. The van der Waals surface area contributed by atoms with Gasteiger partial charge in [-0.25, -0.2) is 0 Å². The molecule has 0 heterocycles. The fourth-order valence-corrected chi connectivity index (χ4v) is 2.77. The van der Waals surface area contributed by atoms with Gasteiger partial charge < -0.3 is 5.32 Å². The van der Waals surface area contributed by atoms with Crippen LogP contribution in [-0.4, -0.2) is 0 Å². The van der Waals surface area contributed by atoms with Crippen LogP contribution in [0, 0.1) is 6.92 Å². The van der Waals surface area contributed by atoms with Crippen LogP contribution in [-0.2, 0) is 0 Å². The van der Waals surface area contributed by atoms with Crippen LogP contribution < -0.4 is 5.32 Å². The summed E-state index contributed by atoms with van der Waals surface area (Å²) >= 11 is 9.54. The highest BCUT2D eigenvalue weighted by atomic mass is 79.9. The van der Waals surface area contributed by atoms with Gasteiger partial charge in [0, 0.05) is 15.2 Å². The first-order valence-corrected chi connectivity index (χ1v) is 7.55. The monoisotopic (exact) mass is 337 g/mol. The molecule has 0 fully saturated rings. The third-order valence-corrected chi connectivity index (χ3v) is 4.04. The average molecular weight is 339 g/mol. The van der Waals surface area contributed by atoms with Gasteiger partial charge in [0.15, 0.2) is 0 Å². The molecule has 3 heteroatoms. The van der Waals surface area contributed by atoms with Crippen LogP contribution in [0.2, 0.25) is 5.02 Å². The van der Waals surface area contributed by atoms with Gasteiger partial charge in [-0.05, 0) is 64.7 Å². The summed E-state index contributed by atoms with van der Waals surface area (Å²) in [6, 6.07) is 14.7. The van der Waals surface area contributed by atoms with E-state index < -0.39 is 0 Å². The molecule has 1 atom stereocenters. The Morgan fingerprint density at radius 2 is 1.84 bits per heavy atom. The van der Waals surface area contributed by atoms with E-state index in [-0.39, 0.29) is 6.04 Å². The van der Waals surface area contributed by atoms with Gasteiger partial charge in [-0.15, -0.1) is 0 Å². The molecule has 0 aliphatic heterocycles. The third-order valence-electron chi connectivity index (χ3n) is 3.13. The highest BCUT2D eigenvalue weighted by Crippen LogP contribution is 2.29. The Morgan fingerprint density at radius 3 is 2.42 bits per heavy atom. The van der Waals surface area contributed by atoms with E-state index in [1.54, 1.807) is 0 Å². The van der Waals surface area contributed by atoms with Gasteiger partial charge in [-0.2, -0.15) is 0 Å². The number of hydrogen-bond acceptors (Lipinski definition) is 1. The molecule has 0 aliphatic rings. The minimum atomic E-state index is 0.288. The Bertz CT molecular complexity index is 551. The van der Waals surface area contributed by atoms with E-state index >= 15 is 0 Å². The van der Waals surface area contributed by atoms with E-state index in [4.69, 9.17) is 11.6 Å². The minimum Gasteiger partial charge on any atom is -0.377 e. The van der Waals surface area contributed by atoms with Gasteiger partial charge in [0.05, 0.1) is 6.04 Å². The maximum atomic E-state index is 5.93. The zero-order valence-electron chi connectivity index (χ0n) is 11.1. The second-order valence-corrected chi connectivity index (χ2v) is 5.93. The number of anilines is 1. The topological polar surface area (TPSA) is 12.0 Å². The van der Waals surface area contributed by atoms with Crippen LogP contribution in [0.5, 0.6) is 0 Å². The van der Waals surface area contributed by atoms with Crippen molar-refractivity contribution in [1.29, 1.82) is 0 Å². The fourth-order valence-electron chi connectivity index (χ4n) is 2.04. The lowest BCUT2D eigenvalue weighted by molar-refractivity contribution is 0.749. The predicted octanol–water partition coefficient (Wildman–Crippen LogP) is 5.97. The molecule has 0 aliphatic carbocycles. The van der Waals surface area contributed by atoms with Gasteiger partial charge in [0.1, 0.15) is 0 Å². The summed E-state index contributed by atoms with van der Waals surface area (Å²) < 4.78 is 1.10. The van der Waals surface area contributed by atoms with Crippen molar-refractivity contribution in [1.82, 2.24) is 0 Å². The number of aryl methyl sites for hydroxylation is 1. The number of rotatable bonds is 4. The molecule has 1 nitrogen and oxygen atoms in total. The molecule has 0 spiro atoms. The smallest absolute Gasteiger partial charge is 0.0511 e. The summed E-state index contributed by atoms with van der Waals surface area (Å²) in [7, 11) is 0. The quantitative estimate of drug-likeness (QED) is 0.723. The van der Waals surface area contributed by atoms with Crippen molar-refractivity contribution < 1.29 is 0 Å². The van der Waals surface area contributed by atoms with Crippen molar-refractivity contribution in [3.05, 3.63) is 63.1 Å². The molecular weight excluding hydrogens is 322 g/mol. The lowest BCUT2D eigenvalue weighted by Crippen LogP contribution is -2.10. The van der Waals surface area contributed by atoms with E-state index in [1.807, 2.05) is 12.1 Å². The molecule has 0 saturated carbocycles. The first-order valence-electron chi connectivity index (χ1n) is 6.38. The van der Waals surface area contributed by atoms with Gasteiger partial charge in [-0.3, -0.25) is 0 Å². The van der Waals surface area contributed by atoms with E-state index in [0.717, 1.165) is 21.6 Å². The van der Waals surface area contributed by atoms with Crippen molar-refractivity contribution in [2.75, 3.05) is 5.32 Å². The van der Waals surface area contributed by atoms with E-state index in [0.29, 0.717) is 0 Å². The number of halogens is 2. The second kappa shape index (κ2) is 6.44. The van der Waals surface area contributed by atoms with Gasteiger partial charge in [-0.1, -0.05) is 36.7 Å². The Hall–Kier alpha value is -0.990. The first-order chi connectivity index (χ1) is 9.10. The Balaban J connectivity index is 2.21. The Morgan fingerprint density at radius 1 is 1.16 bits per heavy atom. The summed E-state index contributed by atoms with van der Waals surface area (Å²) in [5, 5.41) is 4.34. The Kier molecular flexibility index (Phi) is 4.89. The van der Waals surface area contributed by atoms with Crippen LogP contribution in [0.1, 0.15) is 30.5 Å². The first kappa shape index (κ1) is 14.4. The summed E-state index contributed by atoms with van der Waals surface area (Å²) in [5.41, 5.74) is 3.61. The predicted molar refractivity (Wildman–Crippen MR) is 87.0 cm³/mol. The largest absolute Gasteiger partial charge is 0.377 e. The van der Waals surface area contributed by atoms with E-state index in [9.17, 15) is 0 Å². The molecule has 100 valence electrons. The maximum Gasteiger partial charge on any atom is 0.0511 e. The minimum absolute atomic E-state index is 0.288. The van der Waals surface area contributed by atoms with Gasteiger partial charge in [0.2, 0.25) is 0 Å². The number of hydrogen-bond donors (Lipinski definition) is 1. The van der Waals surface area contributed by atoms with Crippen LogP contribution in [0.15, 0.2) is 46.9 Å². The molecule has 0 aromatic heterocycles. The van der Waals surface area contributed by atoms with Gasteiger partial charge in [0.25, 0.3) is 0 Å².